The van der Waals surface area contributed by atoms with Crippen LogP contribution in [0.15, 0.2) is 23.1 Å². The number of hydrogen-bond donors (Lipinski definition) is 4. The summed E-state index contributed by atoms with van der Waals surface area (Å²) in [6.07, 6.45) is 0.595. The van der Waals surface area contributed by atoms with Crippen LogP contribution in [0.25, 0.3) is 0 Å². The molecule has 0 saturated carbocycles. The summed E-state index contributed by atoms with van der Waals surface area (Å²) in [5.74, 6) is -1.25. The van der Waals surface area contributed by atoms with E-state index in [0.29, 0.717) is 13.0 Å². The van der Waals surface area contributed by atoms with Crippen LogP contribution in [-0.2, 0) is 14.8 Å². The second kappa shape index (κ2) is 9.58. The maximum atomic E-state index is 12.2. The highest BCUT2D eigenvalue weighted by atomic mass is 32.2. The molecule has 0 fully saturated rings. The molecule has 1 aromatic carbocycles. The number of carboxylic acid groups (broad SMARTS) is 1. The maximum Gasteiger partial charge on any atom is 0.337 e. The Morgan fingerprint density at radius 1 is 1.29 bits per heavy atom. The number of sulfonamides is 1. The number of rotatable bonds is 11. The fourth-order valence-corrected chi connectivity index (χ4v) is 2.99. The summed E-state index contributed by atoms with van der Waals surface area (Å²) in [5, 5.41) is 20.7. The highest BCUT2D eigenvalue weighted by Gasteiger charge is 2.18. The highest BCUT2D eigenvalue weighted by molar-refractivity contribution is 7.89. The molecule has 0 unspecified atom stereocenters. The standard InChI is InChI=1S/C15H24N2O6S/c1-11(2)23-9-3-6-17-24(21,22)12-4-5-14(16-7-8-18)13(10-12)15(19)20/h4-5,10-11,16-18H,3,6-9H2,1-2H3,(H,19,20). The average molecular weight is 360 g/mol. The van der Waals surface area contributed by atoms with E-state index in [1.54, 1.807) is 0 Å². The molecule has 136 valence electrons. The van der Waals surface area contributed by atoms with Gasteiger partial charge in [-0.25, -0.2) is 17.9 Å². The number of aliphatic hydroxyl groups excluding tert-OH is 1. The lowest BCUT2D eigenvalue weighted by molar-refractivity contribution is 0.0697. The normalized spacial score (nSPS) is 11.7. The molecule has 8 nitrogen and oxygen atoms in total. The third kappa shape index (κ3) is 6.44. The van der Waals surface area contributed by atoms with Crippen molar-refractivity contribution in [1.29, 1.82) is 0 Å². The van der Waals surface area contributed by atoms with E-state index in [9.17, 15) is 18.3 Å². The van der Waals surface area contributed by atoms with Crippen LogP contribution < -0.4 is 10.0 Å². The van der Waals surface area contributed by atoms with E-state index in [0.717, 1.165) is 6.07 Å². The Balaban J connectivity index is 2.80. The van der Waals surface area contributed by atoms with Crippen molar-refractivity contribution in [2.24, 2.45) is 0 Å². The molecule has 0 aromatic heterocycles. The van der Waals surface area contributed by atoms with Crippen molar-refractivity contribution in [3.63, 3.8) is 0 Å². The lowest BCUT2D eigenvalue weighted by Crippen LogP contribution is -2.26. The molecule has 0 aliphatic carbocycles. The first kappa shape index (κ1) is 20.4. The zero-order valence-corrected chi connectivity index (χ0v) is 14.6. The number of hydrogen-bond acceptors (Lipinski definition) is 6. The van der Waals surface area contributed by atoms with Gasteiger partial charge in [0.25, 0.3) is 0 Å². The molecule has 0 heterocycles. The van der Waals surface area contributed by atoms with Crippen molar-refractivity contribution in [2.45, 2.75) is 31.3 Å². The number of nitrogens with one attached hydrogen (secondary N) is 2. The fourth-order valence-electron chi connectivity index (χ4n) is 1.89. The Labute approximate surface area is 141 Å². The molecular formula is C15H24N2O6S. The van der Waals surface area contributed by atoms with E-state index >= 15 is 0 Å². The number of ether oxygens (including phenoxy) is 1. The van der Waals surface area contributed by atoms with Gasteiger partial charge in [-0.15, -0.1) is 0 Å². The van der Waals surface area contributed by atoms with Crippen molar-refractivity contribution in [1.82, 2.24) is 4.72 Å². The van der Waals surface area contributed by atoms with Gasteiger partial charge < -0.3 is 20.3 Å². The number of carbonyl (C=O) groups is 1. The summed E-state index contributed by atoms with van der Waals surface area (Å²) < 4.78 is 32.2. The van der Waals surface area contributed by atoms with Crippen molar-refractivity contribution < 1.29 is 28.2 Å². The van der Waals surface area contributed by atoms with Gasteiger partial charge in [-0.1, -0.05) is 0 Å². The number of anilines is 1. The molecule has 24 heavy (non-hydrogen) atoms. The largest absolute Gasteiger partial charge is 0.478 e. The van der Waals surface area contributed by atoms with Gasteiger partial charge in [0.15, 0.2) is 0 Å². The summed E-state index contributed by atoms with van der Waals surface area (Å²) in [6, 6.07) is 3.78. The number of carboxylic acids is 1. The van der Waals surface area contributed by atoms with Crippen LogP contribution in [0.5, 0.6) is 0 Å². The van der Waals surface area contributed by atoms with E-state index in [4.69, 9.17) is 9.84 Å². The van der Waals surface area contributed by atoms with Gasteiger partial charge in [-0.05, 0) is 38.5 Å². The van der Waals surface area contributed by atoms with Crippen LogP contribution in [0.3, 0.4) is 0 Å². The Bertz CT molecular complexity index is 645. The first-order valence-electron chi connectivity index (χ1n) is 7.61. The van der Waals surface area contributed by atoms with Crippen LogP contribution in [-0.4, -0.2) is 57.0 Å². The fraction of sp³-hybridized carbons (Fsp3) is 0.533. The summed E-state index contributed by atoms with van der Waals surface area (Å²) in [5.41, 5.74) is 0.0790. The van der Waals surface area contributed by atoms with Crippen molar-refractivity contribution in [3.05, 3.63) is 23.8 Å². The lowest BCUT2D eigenvalue weighted by Gasteiger charge is -2.12. The molecule has 0 bridgehead atoms. The lowest BCUT2D eigenvalue weighted by atomic mass is 10.2. The Morgan fingerprint density at radius 3 is 2.58 bits per heavy atom. The monoisotopic (exact) mass is 360 g/mol. The quantitative estimate of drug-likeness (QED) is 0.432. The third-order valence-corrected chi connectivity index (χ3v) is 4.48. The molecule has 0 atom stereocenters. The summed E-state index contributed by atoms with van der Waals surface area (Å²) in [7, 11) is -3.80. The SMILES string of the molecule is CC(C)OCCCNS(=O)(=O)c1ccc(NCCO)c(C(=O)O)c1. The Morgan fingerprint density at radius 2 is 2.00 bits per heavy atom. The second-order valence-corrected chi connectivity index (χ2v) is 7.10. The topological polar surface area (TPSA) is 125 Å². The average Bonchev–Trinajstić information content (AvgIpc) is 2.51. The Kier molecular flexibility index (Phi) is 8.13. The molecule has 0 aliphatic rings. The van der Waals surface area contributed by atoms with Gasteiger partial charge >= 0.3 is 5.97 Å². The summed E-state index contributed by atoms with van der Waals surface area (Å²) in [4.78, 5) is 11.2. The van der Waals surface area contributed by atoms with Crippen LogP contribution in [0.4, 0.5) is 5.69 Å². The van der Waals surface area contributed by atoms with E-state index in [2.05, 4.69) is 10.0 Å². The Hall–Kier alpha value is -1.68. The zero-order valence-electron chi connectivity index (χ0n) is 13.8. The van der Waals surface area contributed by atoms with Crippen LogP contribution >= 0.6 is 0 Å². The number of benzene rings is 1. The molecule has 0 amide bonds. The van der Waals surface area contributed by atoms with E-state index in [1.807, 2.05) is 13.8 Å². The zero-order chi connectivity index (χ0) is 18.2. The van der Waals surface area contributed by atoms with Gasteiger partial charge in [0.2, 0.25) is 10.0 Å². The molecule has 1 rings (SSSR count). The molecule has 0 saturated heterocycles. The van der Waals surface area contributed by atoms with Gasteiger partial charge in [0, 0.05) is 25.4 Å². The highest BCUT2D eigenvalue weighted by Crippen LogP contribution is 2.20. The molecule has 0 radical (unpaired) electrons. The predicted octanol–water partition coefficient (Wildman–Crippen LogP) is 0.882. The van der Waals surface area contributed by atoms with Crippen LogP contribution in [0.2, 0.25) is 0 Å². The van der Waals surface area contributed by atoms with Gasteiger partial charge in [0.05, 0.1) is 23.2 Å². The number of aromatic carboxylic acids is 1. The van der Waals surface area contributed by atoms with E-state index < -0.39 is 16.0 Å². The van der Waals surface area contributed by atoms with Gasteiger partial charge in [-0.2, -0.15) is 0 Å². The number of aliphatic hydroxyl groups is 1. The van der Waals surface area contributed by atoms with Gasteiger partial charge in [-0.3, -0.25) is 0 Å². The second-order valence-electron chi connectivity index (χ2n) is 5.33. The minimum Gasteiger partial charge on any atom is -0.478 e. The maximum absolute atomic E-state index is 12.2. The van der Waals surface area contributed by atoms with E-state index in [-0.39, 0.29) is 41.9 Å². The molecule has 1 aromatic rings. The third-order valence-electron chi connectivity index (χ3n) is 3.02. The summed E-state index contributed by atoms with van der Waals surface area (Å²) in [6.45, 7) is 4.42. The van der Waals surface area contributed by atoms with Crippen molar-refractivity contribution in [3.8, 4) is 0 Å². The molecule has 0 aliphatic heterocycles. The molecule has 0 spiro atoms. The van der Waals surface area contributed by atoms with Crippen LogP contribution in [0, 0.1) is 0 Å². The van der Waals surface area contributed by atoms with Crippen molar-refractivity contribution >= 4 is 21.7 Å². The smallest absolute Gasteiger partial charge is 0.337 e. The minimum absolute atomic E-state index is 0.0821. The molecule has 4 N–H and O–H groups in total. The predicted molar refractivity (Wildman–Crippen MR) is 89.9 cm³/mol. The molecule has 9 heteroatoms. The van der Waals surface area contributed by atoms with E-state index in [1.165, 1.54) is 12.1 Å². The minimum atomic E-state index is -3.80. The summed E-state index contributed by atoms with van der Waals surface area (Å²) >= 11 is 0. The first-order chi connectivity index (χ1) is 11.3. The first-order valence-corrected chi connectivity index (χ1v) is 9.09. The van der Waals surface area contributed by atoms with Crippen molar-refractivity contribution in [2.75, 3.05) is 31.6 Å². The molecular weight excluding hydrogens is 336 g/mol. The van der Waals surface area contributed by atoms with Crippen LogP contribution in [0.1, 0.15) is 30.6 Å². The van der Waals surface area contributed by atoms with Gasteiger partial charge in [0.1, 0.15) is 0 Å².